The van der Waals surface area contributed by atoms with Crippen LogP contribution >= 0.6 is 0 Å². The summed E-state index contributed by atoms with van der Waals surface area (Å²) in [7, 11) is 5.23. The first-order chi connectivity index (χ1) is 16.6. The number of fused-ring (bicyclic) bond motifs is 1. The van der Waals surface area contributed by atoms with Crippen LogP contribution in [0.3, 0.4) is 0 Å². The maximum Gasteiger partial charge on any atom is 0.258 e. The van der Waals surface area contributed by atoms with Crippen molar-refractivity contribution < 1.29 is 18.6 Å². The summed E-state index contributed by atoms with van der Waals surface area (Å²) in [4.78, 5) is 2.44. The van der Waals surface area contributed by atoms with Crippen molar-refractivity contribution in [1.29, 1.82) is 0 Å². The standard InChI is InChI=1S/C29H45NO4Si/c1-19(2)35(20(3)4,21(5)6)34-29-16-22(11-12-26(29)31-8)15-25-24-18-28(33-10)27(32-9)17-23(24)13-14-30(25)7/h11-12,16-21,25H,13-15H2,1-10H3/t25-/m0/s1. The van der Waals surface area contributed by atoms with Crippen molar-refractivity contribution in [3.05, 3.63) is 47.0 Å². The van der Waals surface area contributed by atoms with Gasteiger partial charge in [0.25, 0.3) is 8.32 Å². The van der Waals surface area contributed by atoms with Crippen molar-refractivity contribution in [1.82, 2.24) is 4.90 Å². The van der Waals surface area contributed by atoms with Crippen LogP contribution in [0.4, 0.5) is 0 Å². The zero-order valence-electron chi connectivity index (χ0n) is 23.4. The molecule has 0 aliphatic carbocycles. The van der Waals surface area contributed by atoms with E-state index in [2.05, 4.69) is 83.8 Å². The highest BCUT2D eigenvalue weighted by molar-refractivity contribution is 6.78. The van der Waals surface area contributed by atoms with Crippen molar-refractivity contribution in [3.63, 3.8) is 0 Å². The summed E-state index contributed by atoms with van der Waals surface area (Å²) in [6.45, 7) is 14.9. The van der Waals surface area contributed by atoms with Gasteiger partial charge in [0.1, 0.15) is 5.75 Å². The minimum absolute atomic E-state index is 0.252. The Morgan fingerprint density at radius 1 is 0.800 bits per heavy atom. The fraction of sp³-hybridized carbons (Fsp3) is 0.586. The lowest BCUT2D eigenvalue weighted by Crippen LogP contribution is -2.50. The number of hydrogen-bond acceptors (Lipinski definition) is 5. The fourth-order valence-corrected chi connectivity index (χ4v) is 11.4. The number of ether oxygens (including phenoxy) is 3. The van der Waals surface area contributed by atoms with Gasteiger partial charge in [-0.2, -0.15) is 0 Å². The van der Waals surface area contributed by atoms with Crippen LogP contribution in [0.1, 0.15) is 64.3 Å². The molecule has 0 radical (unpaired) electrons. The average Bonchev–Trinajstić information content (AvgIpc) is 2.82. The van der Waals surface area contributed by atoms with E-state index in [4.69, 9.17) is 18.6 Å². The molecule has 0 saturated heterocycles. The van der Waals surface area contributed by atoms with Gasteiger partial charge in [-0.05, 0) is 77.5 Å². The molecule has 0 bridgehead atoms. The van der Waals surface area contributed by atoms with Gasteiger partial charge >= 0.3 is 0 Å². The lowest BCUT2D eigenvalue weighted by Gasteiger charge is -2.42. The minimum atomic E-state index is -2.11. The molecule has 1 aliphatic rings. The van der Waals surface area contributed by atoms with Crippen LogP contribution in [0.15, 0.2) is 30.3 Å². The normalized spacial score (nSPS) is 16.5. The molecule has 0 N–H and O–H groups in total. The summed E-state index contributed by atoms with van der Waals surface area (Å²) in [6.07, 6.45) is 1.89. The highest BCUT2D eigenvalue weighted by Crippen LogP contribution is 2.45. The van der Waals surface area contributed by atoms with Gasteiger partial charge in [-0.1, -0.05) is 47.6 Å². The van der Waals surface area contributed by atoms with Gasteiger partial charge < -0.3 is 18.6 Å². The third kappa shape index (κ3) is 5.33. The van der Waals surface area contributed by atoms with Gasteiger partial charge in [0.15, 0.2) is 17.2 Å². The SMILES string of the molecule is COc1cc2c(cc1OC)[C@H](Cc1ccc(OC)c(O[Si](C(C)C)(C(C)C)C(C)C)c1)N(C)CC2. The quantitative estimate of drug-likeness (QED) is 0.328. The molecule has 194 valence electrons. The van der Waals surface area contributed by atoms with Crippen molar-refractivity contribution in [2.75, 3.05) is 34.9 Å². The maximum absolute atomic E-state index is 7.07. The lowest BCUT2D eigenvalue weighted by atomic mass is 9.88. The number of benzene rings is 2. The monoisotopic (exact) mass is 499 g/mol. The van der Waals surface area contributed by atoms with E-state index in [-0.39, 0.29) is 6.04 Å². The molecule has 5 nitrogen and oxygen atoms in total. The minimum Gasteiger partial charge on any atom is -0.540 e. The Morgan fingerprint density at radius 2 is 1.37 bits per heavy atom. The molecule has 1 atom stereocenters. The third-order valence-corrected chi connectivity index (χ3v) is 13.9. The average molecular weight is 500 g/mol. The van der Waals surface area contributed by atoms with Crippen molar-refractivity contribution >= 4 is 8.32 Å². The van der Waals surface area contributed by atoms with E-state index >= 15 is 0 Å². The second-order valence-corrected chi connectivity index (χ2v) is 16.1. The second kappa shape index (κ2) is 11.3. The molecule has 0 fully saturated rings. The summed E-state index contributed by atoms with van der Waals surface area (Å²) in [5.74, 6) is 3.29. The Hall–Kier alpha value is -2.18. The Morgan fingerprint density at radius 3 is 1.91 bits per heavy atom. The third-order valence-electron chi connectivity index (χ3n) is 7.92. The first kappa shape index (κ1) is 27.4. The summed E-state index contributed by atoms with van der Waals surface area (Å²) < 4.78 is 24.0. The molecule has 2 aromatic rings. The zero-order valence-corrected chi connectivity index (χ0v) is 24.4. The van der Waals surface area contributed by atoms with Crippen LogP contribution in [0.2, 0.25) is 16.6 Å². The van der Waals surface area contributed by atoms with Gasteiger partial charge in [-0.25, -0.2) is 0 Å². The molecule has 1 heterocycles. The van der Waals surface area contributed by atoms with E-state index in [0.29, 0.717) is 16.6 Å². The summed E-state index contributed by atoms with van der Waals surface area (Å²) in [5.41, 5.74) is 5.38. The van der Waals surface area contributed by atoms with Crippen LogP contribution in [-0.2, 0) is 12.8 Å². The van der Waals surface area contributed by atoms with Crippen LogP contribution in [0, 0.1) is 0 Å². The van der Waals surface area contributed by atoms with E-state index in [9.17, 15) is 0 Å². The Balaban J connectivity index is 2.00. The van der Waals surface area contributed by atoms with Crippen molar-refractivity contribution in [2.24, 2.45) is 0 Å². The van der Waals surface area contributed by atoms with Gasteiger partial charge in [0, 0.05) is 12.6 Å². The van der Waals surface area contributed by atoms with E-state index in [1.807, 2.05) is 0 Å². The highest BCUT2D eigenvalue weighted by Gasteiger charge is 2.47. The molecular weight excluding hydrogens is 454 g/mol. The van der Waals surface area contributed by atoms with Crippen LogP contribution in [0.25, 0.3) is 0 Å². The van der Waals surface area contributed by atoms with Gasteiger partial charge in [-0.3, -0.25) is 4.90 Å². The van der Waals surface area contributed by atoms with E-state index < -0.39 is 8.32 Å². The molecular formula is C29H45NO4Si. The van der Waals surface area contributed by atoms with Gasteiger partial charge in [-0.15, -0.1) is 0 Å². The zero-order chi connectivity index (χ0) is 25.9. The molecule has 2 aromatic carbocycles. The number of methoxy groups -OCH3 is 3. The Kier molecular flexibility index (Phi) is 8.81. The predicted molar refractivity (Wildman–Crippen MR) is 147 cm³/mol. The smallest absolute Gasteiger partial charge is 0.258 e. The first-order valence-electron chi connectivity index (χ1n) is 12.9. The van der Waals surface area contributed by atoms with Crippen molar-refractivity contribution in [2.45, 2.75) is 77.0 Å². The summed E-state index contributed by atoms with van der Waals surface area (Å²) >= 11 is 0. The fourth-order valence-electron chi connectivity index (χ4n) is 6.11. The number of hydrogen-bond donors (Lipinski definition) is 0. The molecule has 3 rings (SSSR count). The number of rotatable bonds is 10. The van der Waals surface area contributed by atoms with Crippen molar-refractivity contribution in [3.8, 4) is 23.0 Å². The molecule has 35 heavy (non-hydrogen) atoms. The molecule has 1 aliphatic heterocycles. The Labute approximate surface area is 213 Å². The summed E-state index contributed by atoms with van der Waals surface area (Å²) in [5, 5.41) is 0. The molecule has 0 amide bonds. The van der Waals surface area contributed by atoms with E-state index in [1.54, 1.807) is 21.3 Å². The molecule has 0 saturated carbocycles. The molecule has 0 spiro atoms. The van der Waals surface area contributed by atoms with Crippen LogP contribution < -0.4 is 18.6 Å². The highest BCUT2D eigenvalue weighted by atomic mass is 28.4. The molecule has 6 heteroatoms. The largest absolute Gasteiger partial charge is 0.540 e. The maximum atomic E-state index is 7.07. The number of nitrogens with zero attached hydrogens (tertiary/aromatic N) is 1. The van der Waals surface area contributed by atoms with Gasteiger partial charge in [0.2, 0.25) is 0 Å². The molecule has 0 unspecified atom stereocenters. The Bertz CT molecular complexity index is 983. The topological polar surface area (TPSA) is 40.2 Å². The van der Waals surface area contributed by atoms with Crippen LogP contribution in [0.5, 0.6) is 23.0 Å². The van der Waals surface area contributed by atoms with Gasteiger partial charge in [0.05, 0.1) is 21.3 Å². The summed E-state index contributed by atoms with van der Waals surface area (Å²) in [6, 6.07) is 11.0. The number of likely N-dealkylation sites (N-methyl/N-ethyl adjacent to an activating group) is 1. The second-order valence-electron chi connectivity index (χ2n) is 10.8. The predicted octanol–water partition coefficient (Wildman–Crippen LogP) is 7.04. The molecule has 0 aromatic heterocycles. The van der Waals surface area contributed by atoms with E-state index in [1.165, 1.54) is 16.7 Å². The first-order valence-corrected chi connectivity index (χ1v) is 15.0. The lowest BCUT2D eigenvalue weighted by molar-refractivity contribution is 0.228. The van der Waals surface area contributed by atoms with E-state index in [0.717, 1.165) is 42.4 Å². The van der Waals surface area contributed by atoms with Crippen LogP contribution in [-0.4, -0.2) is 48.1 Å².